The molecule has 2 aromatic rings. The molecule has 0 aliphatic heterocycles. The van der Waals surface area contributed by atoms with Crippen molar-refractivity contribution in [2.75, 3.05) is 33.8 Å². The summed E-state index contributed by atoms with van der Waals surface area (Å²) >= 11 is 0. The van der Waals surface area contributed by atoms with Gasteiger partial charge in [0.2, 0.25) is 0 Å². The fourth-order valence-electron chi connectivity index (χ4n) is 2.18. The van der Waals surface area contributed by atoms with Gasteiger partial charge in [0.25, 0.3) is 0 Å². The van der Waals surface area contributed by atoms with Gasteiger partial charge >= 0.3 is 0 Å². The van der Waals surface area contributed by atoms with Gasteiger partial charge in [0.1, 0.15) is 12.4 Å². The van der Waals surface area contributed by atoms with Crippen LogP contribution >= 0.6 is 0 Å². The molecule has 0 saturated carbocycles. The molecule has 25 heavy (non-hydrogen) atoms. The molecule has 6 heteroatoms. The number of rotatable bonds is 9. The summed E-state index contributed by atoms with van der Waals surface area (Å²) in [5.74, 6) is 1.30. The molecule has 1 aromatic carbocycles. The molecule has 0 saturated heterocycles. The zero-order valence-corrected chi connectivity index (χ0v) is 15.0. The van der Waals surface area contributed by atoms with E-state index in [1.54, 1.807) is 6.20 Å². The van der Waals surface area contributed by atoms with Crippen LogP contribution in [0, 0.1) is 0 Å². The SMILES string of the molecule is CN(C)CCOc1cccc(CN=C(N)NCCc2ccccn2)c1. The van der Waals surface area contributed by atoms with E-state index in [9.17, 15) is 0 Å². The van der Waals surface area contributed by atoms with Gasteiger partial charge in [0, 0.05) is 31.4 Å². The van der Waals surface area contributed by atoms with Crippen LogP contribution in [0.4, 0.5) is 0 Å². The number of nitrogens with two attached hydrogens (primary N) is 1. The van der Waals surface area contributed by atoms with Crippen molar-refractivity contribution < 1.29 is 4.74 Å². The van der Waals surface area contributed by atoms with Crippen LogP contribution in [0.15, 0.2) is 53.7 Å². The van der Waals surface area contributed by atoms with Crippen LogP contribution < -0.4 is 15.8 Å². The van der Waals surface area contributed by atoms with E-state index in [2.05, 4.69) is 20.2 Å². The Labute approximate surface area is 149 Å². The first kappa shape index (κ1) is 18.7. The second-order valence-electron chi connectivity index (χ2n) is 6.00. The number of aromatic nitrogens is 1. The average molecular weight is 341 g/mol. The Morgan fingerprint density at radius 1 is 1.24 bits per heavy atom. The van der Waals surface area contributed by atoms with Crippen molar-refractivity contribution in [1.29, 1.82) is 0 Å². The first-order valence-corrected chi connectivity index (χ1v) is 8.43. The maximum atomic E-state index is 5.92. The second kappa shape index (κ2) is 10.3. The Bertz CT molecular complexity index is 658. The zero-order chi connectivity index (χ0) is 17.9. The van der Waals surface area contributed by atoms with Crippen molar-refractivity contribution in [2.24, 2.45) is 10.7 Å². The maximum absolute atomic E-state index is 5.92. The lowest BCUT2D eigenvalue weighted by atomic mass is 10.2. The zero-order valence-electron chi connectivity index (χ0n) is 15.0. The molecule has 0 atom stereocenters. The van der Waals surface area contributed by atoms with Crippen molar-refractivity contribution in [3.63, 3.8) is 0 Å². The smallest absolute Gasteiger partial charge is 0.188 e. The van der Waals surface area contributed by atoms with E-state index >= 15 is 0 Å². The van der Waals surface area contributed by atoms with Crippen LogP contribution in [0.25, 0.3) is 0 Å². The molecule has 6 nitrogen and oxygen atoms in total. The molecule has 0 aliphatic rings. The Hall–Kier alpha value is -2.60. The van der Waals surface area contributed by atoms with Crippen molar-refractivity contribution >= 4 is 5.96 Å². The van der Waals surface area contributed by atoms with E-state index in [1.807, 2.05) is 56.6 Å². The lowest BCUT2D eigenvalue weighted by Gasteiger charge is -2.11. The molecule has 134 valence electrons. The summed E-state index contributed by atoms with van der Waals surface area (Å²) in [6.07, 6.45) is 2.60. The minimum absolute atomic E-state index is 0.440. The highest BCUT2D eigenvalue weighted by molar-refractivity contribution is 5.77. The summed E-state index contributed by atoms with van der Waals surface area (Å²) in [5.41, 5.74) is 8.02. The third-order valence-corrected chi connectivity index (χ3v) is 3.55. The first-order chi connectivity index (χ1) is 12.1. The summed E-state index contributed by atoms with van der Waals surface area (Å²) in [7, 11) is 4.05. The maximum Gasteiger partial charge on any atom is 0.188 e. The van der Waals surface area contributed by atoms with Gasteiger partial charge in [-0.25, -0.2) is 4.99 Å². The monoisotopic (exact) mass is 341 g/mol. The Balaban J connectivity index is 1.75. The van der Waals surface area contributed by atoms with Crippen molar-refractivity contribution in [3.8, 4) is 5.75 Å². The summed E-state index contributed by atoms with van der Waals surface area (Å²) in [6.45, 7) is 2.78. The van der Waals surface area contributed by atoms with Crippen LogP contribution in [0.5, 0.6) is 5.75 Å². The first-order valence-electron chi connectivity index (χ1n) is 8.43. The van der Waals surface area contributed by atoms with Crippen molar-refractivity contribution in [3.05, 3.63) is 59.9 Å². The summed E-state index contributed by atoms with van der Waals surface area (Å²) in [5, 5.41) is 3.11. The van der Waals surface area contributed by atoms with Crippen LogP contribution in [0.2, 0.25) is 0 Å². The van der Waals surface area contributed by atoms with Gasteiger partial charge in [0.15, 0.2) is 5.96 Å². The summed E-state index contributed by atoms with van der Waals surface area (Å²) in [4.78, 5) is 10.7. The standard InChI is InChI=1S/C19H27N5O/c1-24(2)12-13-25-18-8-5-6-16(14-18)15-23-19(20)22-11-9-17-7-3-4-10-21-17/h3-8,10,14H,9,11-13,15H2,1-2H3,(H3,20,22,23). The van der Waals surface area contributed by atoms with E-state index in [0.29, 0.717) is 25.7 Å². The number of aliphatic imine (C=N–C) groups is 1. The number of pyridine rings is 1. The fourth-order valence-corrected chi connectivity index (χ4v) is 2.18. The molecule has 0 unspecified atom stereocenters. The molecule has 0 bridgehead atoms. The number of nitrogens with zero attached hydrogens (tertiary/aromatic N) is 3. The van der Waals surface area contributed by atoms with Crippen molar-refractivity contribution in [1.82, 2.24) is 15.2 Å². The van der Waals surface area contributed by atoms with Gasteiger partial charge in [-0.15, -0.1) is 0 Å². The minimum Gasteiger partial charge on any atom is -0.492 e. The third kappa shape index (κ3) is 7.67. The number of likely N-dealkylation sites (N-methyl/N-ethyl adjacent to an activating group) is 1. The molecule has 2 rings (SSSR count). The lowest BCUT2D eigenvalue weighted by molar-refractivity contribution is 0.261. The lowest BCUT2D eigenvalue weighted by Crippen LogP contribution is -2.33. The largest absolute Gasteiger partial charge is 0.492 e. The Kier molecular flexibility index (Phi) is 7.72. The highest BCUT2D eigenvalue weighted by atomic mass is 16.5. The minimum atomic E-state index is 0.440. The van der Waals surface area contributed by atoms with Gasteiger partial charge in [-0.1, -0.05) is 18.2 Å². The highest BCUT2D eigenvalue weighted by Crippen LogP contribution is 2.14. The van der Waals surface area contributed by atoms with Crippen LogP contribution in [0.1, 0.15) is 11.3 Å². The number of ether oxygens (including phenoxy) is 1. The van der Waals surface area contributed by atoms with Gasteiger partial charge in [-0.3, -0.25) is 4.98 Å². The molecule has 0 fully saturated rings. The molecule has 0 aliphatic carbocycles. The number of benzene rings is 1. The van der Waals surface area contributed by atoms with Gasteiger partial charge < -0.3 is 20.7 Å². The van der Waals surface area contributed by atoms with E-state index in [1.165, 1.54) is 0 Å². The van der Waals surface area contributed by atoms with Gasteiger partial charge in [-0.05, 0) is 43.9 Å². The number of hydrogen-bond acceptors (Lipinski definition) is 4. The van der Waals surface area contributed by atoms with E-state index in [4.69, 9.17) is 10.5 Å². The predicted molar refractivity (Wildman–Crippen MR) is 102 cm³/mol. The molecular formula is C19H27N5O. The number of nitrogens with one attached hydrogen (secondary N) is 1. The van der Waals surface area contributed by atoms with Gasteiger partial charge in [0.05, 0.1) is 6.54 Å². The Morgan fingerprint density at radius 3 is 2.88 bits per heavy atom. The third-order valence-electron chi connectivity index (χ3n) is 3.55. The van der Waals surface area contributed by atoms with Crippen LogP contribution in [-0.4, -0.2) is 49.6 Å². The molecule has 0 spiro atoms. The van der Waals surface area contributed by atoms with Crippen LogP contribution in [0.3, 0.4) is 0 Å². The normalized spacial score (nSPS) is 11.6. The summed E-state index contributed by atoms with van der Waals surface area (Å²) < 4.78 is 5.73. The summed E-state index contributed by atoms with van der Waals surface area (Å²) in [6, 6.07) is 13.8. The van der Waals surface area contributed by atoms with Gasteiger partial charge in [-0.2, -0.15) is 0 Å². The van der Waals surface area contributed by atoms with Crippen molar-refractivity contribution in [2.45, 2.75) is 13.0 Å². The quantitative estimate of drug-likeness (QED) is 0.536. The van der Waals surface area contributed by atoms with E-state index < -0.39 is 0 Å². The molecule has 0 radical (unpaired) electrons. The number of guanidine groups is 1. The number of hydrogen-bond donors (Lipinski definition) is 2. The Morgan fingerprint density at radius 2 is 2.12 bits per heavy atom. The van der Waals surface area contributed by atoms with Crippen LogP contribution in [-0.2, 0) is 13.0 Å². The van der Waals surface area contributed by atoms with E-state index in [-0.39, 0.29) is 0 Å². The predicted octanol–water partition coefficient (Wildman–Crippen LogP) is 1.67. The average Bonchev–Trinajstić information content (AvgIpc) is 2.61. The highest BCUT2D eigenvalue weighted by Gasteiger charge is 1.99. The fraction of sp³-hybridized carbons (Fsp3) is 0.368. The molecular weight excluding hydrogens is 314 g/mol. The molecule has 1 aromatic heterocycles. The topological polar surface area (TPSA) is 75.8 Å². The molecule has 3 N–H and O–H groups in total. The molecule has 1 heterocycles. The van der Waals surface area contributed by atoms with E-state index in [0.717, 1.165) is 30.0 Å². The second-order valence-corrected chi connectivity index (χ2v) is 6.00. The molecule has 0 amide bonds.